The number of anilines is 2. The van der Waals surface area contributed by atoms with E-state index in [1.54, 1.807) is 9.80 Å². The van der Waals surface area contributed by atoms with Crippen LogP contribution in [0.5, 0.6) is 0 Å². The van der Waals surface area contributed by atoms with Crippen molar-refractivity contribution in [2.75, 3.05) is 50.9 Å². The zero-order valence-electron chi connectivity index (χ0n) is 24.5. The van der Waals surface area contributed by atoms with Crippen molar-refractivity contribution in [3.63, 3.8) is 0 Å². The predicted molar refractivity (Wildman–Crippen MR) is 155 cm³/mol. The summed E-state index contributed by atoms with van der Waals surface area (Å²) in [5.41, 5.74) is 13.9. The molecule has 40 heavy (non-hydrogen) atoms. The fourth-order valence-electron chi connectivity index (χ4n) is 4.24. The molecule has 220 valence electrons. The van der Waals surface area contributed by atoms with E-state index in [4.69, 9.17) is 30.4 Å². The first-order chi connectivity index (χ1) is 18.7. The van der Waals surface area contributed by atoms with E-state index in [-0.39, 0.29) is 24.3 Å². The number of ether oxygens (including phenoxy) is 4. The summed E-state index contributed by atoms with van der Waals surface area (Å²) in [4.78, 5) is 27.8. The molecule has 1 unspecified atom stereocenters. The zero-order valence-corrected chi connectivity index (χ0v) is 24.5. The van der Waals surface area contributed by atoms with Crippen molar-refractivity contribution in [3.05, 3.63) is 59.7 Å². The third-order valence-corrected chi connectivity index (χ3v) is 6.08. The molecule has 4 rings (SSSR count). The van der Waals surface area contributed by atoms with E-state index in [2.05, 4.69) is 0 Å². The number of nitrogen functional groups attached to an aromatic ring is 2. The van der Waals surface area contributed by atoms with Crippen LogP contribution >= 0.6 is 0 Å². The van der Waals surface area contributed by atoms with Gasteiger partial charge in [-0.05, 0) is 76.9 Å². The van der Waals surface area contributed by atoms with E-state index in [0.717, 1.165) is 11.1 Å². The number of hydrogen-bond donors (Lipinski definition) is 2. The van der Waals surface area contributed by atoms with Gasteiger partial charge in [0.2, 0.25) is 0 Å². The zero-order chi connectivity index (χ0) is 29.5. The number of rotatable bonds is 2. The topological polar surface area (TPSA) is 130 Å². The molecule has 0 aliphatic carbocycles. The minimum atomic E-state index is -0.504. The van der Waals surface area contributed by atoms with Gasteiger partial charge in [0.15, 0.2) is 0 Å². The molecule has 0 bridgehead atoms. The monoisotopic (exact) mass is 556 g/mol. The molecule has 2 aliphatic heterocycles. The van der Waals surface area contributed by atoms with Gasteiger partial charge in [-0.3, -0.25) is 4.90 Å². The van der Waals surface area contributed by atoms with Gasteiger partial charge < -0.3 is 35.3 Å². The molecule has 2 heterocycles. The number of nitrogens with zero attached hydrogens (tertiary/aromatic N) is 2. The molecule has 2 fully saturated rings. The van der Waals surface area contributed by atoms with Crippen LogP contribution in [-0.4, -0.2) is 72.6 Å². The van der Waals surface area contributed by atoms with Gasteiger partial charge in [-0.1, -0.05) is 24.3 Å². The van der Waals surface area contributed by atoms with Crippen LogP contribution in [-0.2, 0) is 18.9 Å². The van der Waals surface area contributed by atoms with Crippen molar-refractivity contribution in [1.82, 2.24) is 9.80 Å². The van der Waals surface area contributed by atoms with E-state index in [0.29, 0.717) is 50.8 Å². The highest BCUT2D eigenvalue weighted by Crippen LogP contribution is 2.27. The Morgan fingerprint density at radius 2 is 1.48 bits per heavy atom. The fourth-order valence-corrected chi connectivity index (χ4v) is 4.24. The van der Waals surface area contributed by atoms with E-state index in [1.165, 1.54) is 0 Å². The van der Waals surface area contributed by atoms with Crippen molar-refractivity contribution < 1.29 is 28.5 Å². The molecule has 4 N–H and O–H groups in total. The Morgan fingerprint density at radius 3 is 2.10 bits per heavy atom. The minimum absolute atomic E-state index is 0.128. The standard InChI is InChI=1S/2C15H22N2O3/c1-15(2,3)20-14(18)17-8-9-19-13(10-17)11-4-6-12(16)7-5-11;1-15(2,3)20-14(18)17-7-8-19-10-13(17)11-5-4-6-12(16)9-11/h4-7,13H,8-10,16H2,1-3H3;4-6,9,13H,7-8,10,16H2,1-3H3/t;13-/m.1/s1. The average Bonchev–Trinajstić information content (AvgIpc) is 2.88. The Balaban J connectivity index is 0.000000220. The Hall–Kier alpha value is -3.50. The average molecular weight is 557 g/mol. The molecule has 0 aromatic heterocycles. The number of carbonyl (C=O) groups excluding carboxylic acids is 2. The van der Waals surface area contributed by atoms with E-state index in [9.17, 15) is 9.59 Å². The van der Waals surface area contributed by atoms with Crippen LogP contribution in [0.4, 0.5) is 21.0 Å². The highest BCUT2D eigenvalue weighted by Gasteiger charge is 2.32. The summed E-state index contributed by atoms with van der Waals surface area (Å²) in [6.07, 6.45) is -0.730. The molecule has 2 aromatic carbocycles. The van der Waals surface area contributed by atoms with Gasteiger partial charge in [0.25, 0.3) is 0 Å². The molecule has 2 atom stereocenters. The van der Waals surface area contributed by atoms with Crippen molar-refractivity contribution >= 4 is 23.6 Å². The molecule has 2 amide bonds. The first-order valence-corrected chi connectivity index (χ1v) is 13.6. The lowest BCUT2D eigenvalue weighted by Gasteiger charge is -2.36. The highest BCUT2D eigenvalue weighted by molar-refractivity contribution is 5.69. The molecular weight excluding hydrogens is 512 g/mol. The smallest absolute Gasteiger partial charge is 0.410 e. The van der Waals surface area contributed by atoms with E-state index in [1.807, 2.05) is 90.1 Å². The summed E-state index contributed by atoms with van der Waals surface area (Å²) in [6.45, 7) is 14.2. The predicted octanol–water partition coefficient (Wildman–Crippen LogP) is 5.15. The first kappa shape index (κ1) is 31.0. The third-order valence-electron chi connectivity index (χ3n) is 6.08. The van der Waals surface area contributed by atoms with Crippen LogP contribution in [0.1, 0.15) is 64.8 Å². The van der Waals surface area contributed by atoms with Gasteiger partial charge in [-0.2, -0.15) is 0 Å². The maximum atomic E-state index is 12.3. The number of hydrogen-bond acceptors (Lipinski definition) is 8. The summed E-state index contributed by atoms with van der Waals surface area (Å²) in [6, 6.07) is 14.9. The van der Waals surface area contributed by atoms with Gasteiger partial charge >= 0.3 is 12.2 Å². The van der Waals surface area contributed by atoms with Gasteiger partial charge in [-0.25, -0.2) is 9.59 Å². The van der Waals surface area contributed by atoms with Crippen molar-refractivity contribution in [2.45, 2.75) is 64.9 Å². The molecule has 0 saturated carbocycles. The summed E-state index contributed by atoms with van der Waals surface area (Å²) in [5, 5.41) is 0. The summed E-state index contributed by atoms with van der Waals surface area (Å²) < 4.78 is 22.1. The van der Waals surface area contributed by atoms with E-state index >= 15 is 0 Å². The maximum Gasteiger partial charge on any atom is 0.410 e. The summed E-state index contributed by atoms with van der Waals surface area (Å²) in [5.74, 6) is 0. The minimum Gasteiger partial charge on any atom is -0.444 e. The highest BCUT2D eigenvalue weighted by atomic mass is 16.6. The molecule has 2 aliphatic rings. The van der Waals surface area contributed by atoms with Crippen LogP contribution in [0, 0.1) is 0 Å². The van der Waals surface area contributed by atoms with Crippen LogP contribution in [0.25, 0.3) is 0 Å². The van der Waals surface area contributed by atoms with Crippen molar-refractivity contribution in [3.8, 4) is 0 Å². The Kier molecular flexibility index (Phi) is 10.3. The van der Waals surface area contributed by atoms with Crippen LogP contribution in [0.15, 0.2) is 48.5 Å². The summed E-state index contributed by atoms with van der Waals surface area (Å²) in [7, 11) is 0. The second-order valence-corrected chi connectivity index (χ2v) is 11.9. The molecule has 0 spiro atoms. The quantitative estimate of drug-likeness (QED) is 0.486. The normalized spacial score (nSPS) is 19.8. The van der Waals surface area contributed by atoms with Gasteiger partial charge in [0.05, 0.1) is 32.4 Å². The van der Waals surface area contributed by atoms with Crippen molar-refractivity contribution in [2.24, 2.45) is 0 Å². The molecule has 0 radical (unpaired) electrons. The summed E-state index contributed by atoms with van der Waals surface area (Å²) >= 11 is 0. The number of benzene rings is 2. The SMILES string of the molecule is CC(C)(C)OC(=O)N1CCOC(c2ccc(N)cc2)C1.CC(C)(C)OC(=O)N1CCOC[C@@H]1c1cccc(N)c1. The molecule has 2 saturated heterocycles. The number of nitrogens with two attached hydrogens (primary N) is 2. The Morgan fingerprint density at radius 1 is 0.825 bits per heavy atom. The largest absolute Gasteiger partial charge is 0.444 e. The van der Waals surface area contributed by atoms with Crippen LogP contribution in [0.2, 0.25) is 0 Å². The lowest BCUT2D eigenvalue weighted by Crippen LogP contribution is -2.45. The van der Waals surface area contributed by atoms with Gasteiger partial charge in [0.1, 0.15) is 17.3 Å². The Bertz CT molecular complexity index is 1130. The van der Waals surface area contributed by atoms with Gasteiger partial charge in [0, 0.05) is 24.5 Å². The Labute approximate surface area is 237 Å². The number of carbonyl (C=O) groups is 2. The number of amides is 2. The number of morpholine rings is 2. The van der Waals surface area contributed by atoms with Crippen LogP contribution < -0.4 is 11.5 Å². The van der Waals surface area contributed by atoms with Crippen LogP contribution in [0.3, 0.4) is 0 Å². The lowest BCUT2D eigenvalue weighted by atomic mass is 10.0. The molecule has 2 aromatic rings. The van der Waals surface area contributed by atoms with Crippen molar-refractivity contribution in [1.29, 1.82) is 0 Å². The fraction of sp³-hybridized carbons (Fsp3) is 0.533. The second kappa shape index (κ2) is 13.2. The second-order valence-electron chi connectivity index (χ2n) is 11.9. The molecular formula is C30H44N4O6. The maximum absolute atomic E-state index is 12.3. The molecule has 10 nitrogen and oxygen atoms in total. The lowest BCUT2D eigenvalue weighted by molar-refractivity contribution is -0.0432. The first-order valence-electron chi connectivity index (χ1n) is 13.6. The third kappa shape index (κ3) is 9.60. The molecule has 10 heteroatoms. The van der Waals surface area contributed by atoms with E-state index < -0.39 is 11.2 Å². The van der Waals surface area contributed by atoms with Gasteiger partial charge in [-0.15, -0.1) is 0 Å².